The van der Waals surface area contributed by atoms with Gasteiger partial charge in [-0.15, -0.1) is 5.11 Å². The van der Waals surface area contributed by atoms with Crippen LogP contribution in [0.3, 0.4) is 0 Å². The minimum absolute atomic E-state index is 0.0156. The van der Waals surface area contributed by atoms with Gasteiger partial charge in [0.15, 0.2) is 6.61 Å². The van der Waals surface area contributed by atoms with Crippen molar-refractivity contribution in [2.75, 3.05) is 20.8 Å². The number of carbonyl (C=O) groups excluding carboxylic acids is 1. The van der Waals surface area contributed by atoms with E-state index in [1.165, 1.54) is 14.2 Å². The number of ether oxygens (including phenoxy) is 3. The molecule has 7 nitrogen and oxygen atoms in total. The molecular weight excluding hydrogens is 312 g/mol. The van der Waals surface area contributed by atoms with Crippen molar-refractivity contribution in [2.45, 2.75) is 6.61 Å². The summed E-state index contributed by atoms with van der Waals surface area (Å²) in [5.41, 5.74) is 1.98. The predicted molar refractivity (Wildman–Crippen MR) is 87.0 cm³/mol. The zero-order valence-corrected chi connectivity index (χ0v) is 13.4. The number of aliphatic hydroxyl groups is 1. The normalized spacial score (nSPS) is 10.6. The molecule has 0 aliphatic rings. The molecule has 2 aromatic rings. The fourth-order valence-corrected chi connectivity index (χ4v) is 1.81. The Kier molecular flexibility index (Phi) is 6.27. The fourth-order valence-electron chi connectivity index (χ4n) is 1.81. The Morgan fingerprint density at radius 2 is 1.83 bits per heavy atom. The van der Waals surface area contributed by atoms with Crippen LogP contribution in [0, 0.1) is 0 Å². The molecular formula is C17H18N2O5. The van der Waals surface area contributed by atoms with Crippen LogP contribution in [0.15, 0.2) is 52.7 Å². The highest BCUT2D eigenvalue weighted by Gasteiger charge is 2.07. The summed E-state index contributed by atoms with van der Waals surface area (Å²) in [6.45, 7) is -0.198. The highest BCUT2D eigenvalue weighted by molar-refractivity contribution is 5.71. The van der Waals surface area contributed by atoms with Crippen molar-refractivity contribution in [3.8, 4) is 11.5 Å². The Morgan fingerprint density at radius 3 is 2.46 bits per heavy atom. The summed E-state index contributed by atoms with van der Waals surface area (Å²) in [6, 6.07) is 12.0. The molecule has 7 heteroatoms. The standard InChI is InChI=1S/C17H18N2O5/c1-22-16-9-14(24-11-17(21)23-2)7-8-15(16)19-18-13-5-3-12(10-20)4-6-13/h3-9,20H,10-11H2,1-2H3/b19-18+. The molecule has 0 aromatic heterocycles. The molecule has 0 saturated carbocycles. The van der Waals surface area contributed by atoms with Crippen LogP contribution in [0.4, 0.5) is 11.4 Å². The molecule has 0 spiro atoms. The number of aliphatic hydroxyl groups excluding tert-OH is 1. The van der Waals surface area contributed by atoms with Gasteiger partial charge in [-0.05, 0) is 29.8 Å². The van der Waals surface area contributed by atoms with Crippen molar-refractivity contribution >= 4 is 17.3 Å². The van der Waals surface area contributed by atoms with Crippen LogP contribution in [0.5, 0.6) is 11.5 Å². The number of rotatable bonds is 7. The first-order chi connectivity index (χ1) is 11.7. The van der Waals surface area contributed by atoms with Crippen molar-refractivity contribution in [1.82, 2.24) is 0 Å². The topological polar surface area (TPSA) is 89.7 Å². The number of benzene rings is 2. The SMILES string of the molecule is COC(=O)COc1ccc(/N=N/c2ccc(CO)cc2)c(OC)c1. The van der Waals surface area contributed by atoms with Gasteiger partial charge in [0.25, 0.3) is 0 Å². The molecule has 0 bridgehead atoms. The molecule has 0 fully saturated rings. The van der Waals surface area contributed by atoms with E-state index in [9.17, 15) is 4.79 Å². The number of azo groups is 1. The molecule has 126 valence electrons. The van der Waals surface area contributed by atoms with Gasteiger partial charge in [-0.2, -0.15) is 5.11 Å². The van der Waals surface area contributed by atoms with Gasteiger partial charge in [-0.1, -0.05) is 12.1 Å². The molecule has 1 N–H and O–H groups in total. The molecule has 0 atom stereocenters. The average Bonchev–Trinajstić information content (AvgIpc) is 2.64. The van der Waals surface area contributed by atoms with Gasteiger partial charge in [0.1, 0.15) is 17.2 Å². The third-order valence-electron chi connectivity index (χ3n) is 3.13. The number of hydrogen-bond acceptors (Lipinski definition) is 7. The summed E-state index contributed by atoms with van der Waals surface area (Å²) >= 11 is 0. The number of carbonyl (C=O) groups is 1. The van der Waals surface area contributed by atoms with Gasteiger partial charge in [-0.3, -0.25) is 0 Å². The van der Waals surface area contributed by atoms with Crippen molar-refractivity contribution in [2.24, 2.45) is 10.2 Å². The fraction of sp³-hybridized carbons (Fsp3) is 0.235. The van der Waals surface area contributed by atoms with Crippen molar-refractivity contribution in [3.05, 3.63) is 48.0 Å². The molecule has 24 heavy (non-hydrogen) atoms. The van der Waals surface area contributed by atoms with Crippen LogP contribution >= 0.6 is 0 Å². The smallest absolute Gasteiger partial charge is 0.343 e. The first-order valence-corrected chi connectivity index (χ1v) is 7.15. The first kappa shape index (κ1) is 17.4. The van der Waals surface area contributed by atoms with Crippen LogP contribution in [0.1, 0.15) is 5.56 Å². The predicted octanol–water partition coefficient (Wildman–Crippen LogP) is 3.15. The average molecular weight is 330 g/mol. The molecule has 0 aliphatic heterocycles. The van der Waals surface area contributed by atoms with Crippen LogP contribution in [-0.4, -0.2) is 31.9 Å². The lowest BCUT2D eigenvalue weighted by Gasteiger charge is -2.08. The highest BCUT2D eigenvalue weighted by atomic mass is 16.6. The van der Waals surface area contributed by atoms with E-state index in [2.05, 4.69) is 15.0 Å². The summed E-state index contributed by atoms with van der Waals surface area (Å²) in [7, 11) is 2.80. The maximum absolute atomic E-state index is 11.1. The van der Waals surface area contributed by atoms with Gasteiger partial charge in [0.05, 0.1) is 26.5 Å². The monoisotopic (exact) mass is 330 g/mol. The third-order valence-corrected chi connectivity index (χ3v) is 3.13. The Balaban J connectivity index is 2.11. The van der Waals surface area contributed by atoms with E-state index >= 15 is 0 Å². The van der Waals surface area contributed by atoms with E-state index in [1.54, 1.807) is 42.5 Å². The molecule has 0 aliphatic carbocycles. The van der Waals surface area contributed by atoms with Gasteiger partial charge in [0.2, 0.25) is 0 Å². The maximum Gasteiger partial charge on any atom is 0.343 e. The number of hydrogen-bond donors (Lipinski definition) is 1. The zero-order chi connectivity index (χ0) is 17.4. The Morgan fingerprint density at radius 1 is 1.08 bits per heavy atom. The lowest BCUT2D eigenvalue weighted by molar-refractivity contribution is -0.142. The zero-order valence-electron chi connectivity index (χ0n) is 13.4. The second-order valence-corrected chi connectivity index (χ2v) is 4.72. The van der Waals surface area contributed by atoms with Crippen molar-refractivity contribution in [3.63, 3.8) is 0 Å². The second-order valence-electron chi connectivity index (χ2n) is 4.72. The number of nitrogens with zero attached hydrogens (tertiary/aromatic N) is 2. The van der Waals surface area contributed by atoms with E-state index in [1.807, 2.05) is 0 Å². The maximum atomic E-state index is 11.1. The Labute approximate surface area is 139 Å². The third kappa shape index (κ3) is 4.79. The van der Waals surface area contributed by atoms with Crippen LogP contribution in [-0.2, 0) is 16.1 Å². The van der Waals surface area contributed by atoms with Crippen LogP contribution in [0.2, 0.25) is 0 Å². The summed E-state index contributed by atoms with van der Waals surface area (Å²) in [4.78, 5) is 11.1. The van der Waals surface area contributed by atoms with E-state index in [-0.39, 0.29) is 13.2 Å². The van der Waals surface area contributed by atoms with Crippen LogP contribution in [0.25, 0.3) is 0 Å². The van der Waals surface area contributed by atoms with Gasteiger partial charge in [0, 0.05) is 6.07 Å². The molecule has 0 heterocycles. The van der Waals surface area contributed by atoms with E-state index in [0.717, 1.165) is 5.56 Å². The largest absolute Gasteiger partial charge is 0.494 e. The Bertz CT molecular complexity index is 713. The lowest BCUT2D eigenvalue weighted by Crippen LogP contribution is -2.12. The molecule has 2 rings (SSSR count). The quantitative estimate of drug-likeness (QED) is 0.622. The van der Waals surface area contributed by atoms with E-state index in [0.29, 0.717) is 22.9 Å². The molecule has 0 unspecified atom stereocenters. The highest BCUT2D eigenvalue weighted by Crippen LogP contribution is 2.32. The van der Waals surface area contributed by atoms with Gasteiger partial charge < -0.3 is 19.3 Å². The van der Waals surface area contributed by atoms with Crippen LogP contribution < -0.4 is 9.47 Å². The summed E-state index contributed by atoms with van der Waals surface area (Å²) in [5.74, 6) is 0.459. The molecule has 0 saturated heterocycles. The summed E-state index contributed by atoms with van der Waals surface area (Å²) < 4.78 is 15.1. The van der Waals surface area contributed by atoms with Crippen molar-refractivity contribution < 1.29 is 24.1 Å². The number of methoxy groups -OCH3 is 2. The molecule has 2 aromatic carbocycles. The number of esters is 1. The minimum atomic E-state index is -0.468. The van der Waals surface area contributed by atoms with Gasteiger partial charge >= 0.3 is 5.97 Å². The van der Waals surface area contributed by atoms with Gasteiger partial charge in [-0.25, -0.2) is 4.79 Å². The molecule has 0 radical (unpaired) electrons. The summed E-state index contributed by atoms with van der Waals surface area (Å²) in [5, 5.41) is 17.3. The second kappa shape index (κ2) is 8.64. The lowest BCUT2D eigenvalue weighted by atomic mass is 10.2. The molecule has 0 amide bonds. The van der Waals surface area contributed by atoms with Crippen molar-refractivity contribution in [1.29, 1.82) is 0 Å². The summed E-state index contributed by atoms with van der Waals surface area (Å²) in [6.07, 6.45) is 0. The van der Waals surface area contributed by atoms with E-state index < -0.39 is 5.97 Å². The minimum Gasteiger partial charge on any atom is -0.494 e. The first-order valence-electron chi connectivity index (χ1n) is 7.15. The Hall–Kier alpha value is -2.93. The van der Waals surface area contributed by atoms with E-state index in [4.69, 9.17) is 14.6 Å².